The van der Waals surface area contributed by atoms with Crippen LogP contribution in [0.4, 0.5) is 5.69 Å². The topological polar surface area (TPSA) is 42.0 Å². The first-order chi connectivity index (χ1) is 9.56. The molecule has 0 radical (unpaired) electrons. The van der Waals surface area contributed by atoms with Gasteiger partial charge in [0.05, 0.1) is 10.7 Å². The van der Waals surface area contributed by atoms with E-state index in [0.717, 1.165) is 0 Å². The van der Waals surface area contributed by atoms with Gasteiger partial charge in [0.15, 0.2) is 5.78 Å². The molecule has 3 nitrogen and oxygen atoms in total. The maximum absolute atomic E-state index is 12.0. The van der Waals surface area contributed by atoms with E-state index in [-0.39, 0.29) is 5.78 Å². The molecule has 1 aromatic carbocycles. The summed E-state index contributed by atoms with van der Waals surface area (Å²) in [6.45, 7) is 1.79. The molecule has 0 unspecified atom stereocenters. The maximum Gasteiger partial charge on any atom is 0.189 e. The molecule has 1 N–H and O–H groups in total. The number of ketones is 1. The highest BCUT2D eigenvalue weighted by molar-refractivity contribution is 6.36. The second-order valence-electron chi connectivity index (χ2n) is 4.18. The minimum Gasteiger partial charge on any atom is -0.358 e. The summed E-state index contributed by atoms with van der Waals surface area (Å²) in [4.78, 5) is 15.9. The number of aromatic nitrogens is 1. The highest BCUT2D eigenvalue weighted by atomic mass is 35.5. The molecule has 0 aliphatic carbocycles. The molecule has 1 aromatic heterocycles. The van der Waals surface area contributed by atoms with Gasteiger partial charge in [-0.15, -0.1) is 0 Å². The van der Waals surface area contributed by atoms with E-state index in [4.69, 9.17) is 23.2 Å². The maximum atomic E-state index is 12.0. The summed E-state index contributed by atoms with van der Waals surface area (Å²) < 4.78 is 0. The summed E-state index contributed by atoms with van der Waals surface area (Å²) in [5.74, 6) is -0.117. The lowest BCUT2D eigenvalue weighted by atomic mass is 10.1. The Bertz CT molecular complexity index is 654. The SMILES string of the molecule is C/C(=C\C(=O)c1cccnc1)Nc1ccc(Cl)cc1Cl. The summed E-state index contributed by atoms with van der Waals surface area (Å²) in [5, 5.41) is 4.13. The van der Waals surface area contributed by atoms with Crippen molar-refractivity contribution in [3.63, 3.8) is 0 Å². The Kier molecular flexibility index (Phi) is 4.77. The first kappa shape index (κ1) is 14.6. The number of nitrogens with one attached hydrogen (secondary N) is 1. The number of hydrogen-bond donors (Lipinski definition) is 1. The zero-order chi connectivity index (χ0) is 14.5. The van der Waals surface area contributed by atoms with E-state index in [1.807, 2.05) is 0 Å². The fraction of sp³-hybridized carbons (Fsp3) is 0.0667. The summed E-state index contributed by atoms with van der Waals surface area (Å²) in [7, 11) is 0. The van der Waals surface area contributed by atoms with Crippen molar-refractivity contribution in [2.45, 2.75) is 6.92 Å². The molecule has 0 aliphatic heterocycles. The number of allylic oxidation sites excluding steroid dienone is 2. The van der Waals surface area contributed by atoms with Crippen LogP contribution < -0.4 is 5.32 Å². The number of halogens is 2. The first-order valence-corrected chi connectivity index (χ1v) is 6.66. The van der Waals surface area contributed by atoms with Gasteiger partial charge in [0, 0.05) is 34.8 Å². The monoisotopic (exact) mass is 306 g/mol. The molecule has 2 rings (SSSR count). The molecule has 0 spiro atoms. The Hall–Kier alpha value is -1.84. The van der Waals surface area contributed by atoms with Crippen molar-refractivity contribution in [3.8, 4) is 0 Å². The minimum absolute atomic E-state index is 0.117. The quantitative estimate of drug-likeness (QED) is 0.663. The minimum atomic E-state index is -0.117. The number of rotatable bonds is 4. The van der Waals surface area contributed by atoms with Gasteiger partial charge in [-0.3, -0.25) is 9.78 Å². The molecule has 1 heterocycles. The lowest BCUT2D eigenvalue weighted by Gasteiger charge is -2.08. The van der Waals surface area contributed by atoms with Gasteiger partial charge in [0.2, 0.25) is 0 Å². The van der Waals surface area contributed by atoms with Gasteiger partial charge in [-0.25, -0.2) is 0 Å². The molecule has 20 heavy (non-hydrogen) atoms. The number of hydrogen-bond acceptors (Lipinski definition) is 3. The lowest BCUT2D eigenvalue weighted by molar-refractivity contribution is 0.104. The average molecular weight is 307 g/mol. The lowest BCUT2D eigenvalue weighted by Crippen LogP contribution is -2.02. The Labute approximate surface area is 127 Å². The van der Waals surface area contributed by atoms with Crippen LogP contribution >= 0.6 is 23.2 Å². The van der Waals surface area contributed by atoms with E-state index in [2.05, 4.69) is 10.3 Å². The van der Waals surface area contributed by atoms with Crippen molar-refractivity contribution in [1.82, 2.24) is 4.98 Å². The Morgan fingerprint density at radius 3 is 2.75 bits per heavy atom. The van der Waals surface area contributed by atoms with E-state index in [1.165, 1.54) is 12.3 Å². The molecule has 0 amide bonds. The molecule has 0 bridgehead atoms. The molecule has 0 aliphatic rings. The van der Waals surface area contributed by atoms with Crippen LogP contribution in [-0.4, -0.2) is 10.8 Å². The zero-order valence-corrected chi connectivity index (χ0v) is 12.2. The van der Waals surface area contributed by atoms with Crippen molar-refractivity contribution in [2.24, 2.45) is 0 Å². The molecule has 5 heteroatoms. The second kappa shape index (κ2) is 6.55. The van der Waals surface area contributed by atoms with Crippen LogP contribution in [0.2, 0.25) is 10.0 Å². The third-order valence-electron chi connectivity index (χ3n) is 2.56. The number of benzene rings is 1. The molecule has 0 atom stereocenters. The van der Waals surface area contributed by atoms with Gasteiger partial charge in [-0.2, -0.15) is 0 Å². The molecular formula is C15H12Cl2N2O. The van der Waals surface area contributed by atoms with Crippen molar-refractivity contribution in [3.05, 3.63) is 70.1 Å². The predicted molar refractivity (Wildman–Crippen MR) is 82.4 cm³/mol. The van der Waals surface area contributed by atoms with E-state index in [0.29, 0.717) is 27.0 Å². The van der Waals surface area contributed by atoms with Crippen LogP contribution in [0.3, 0.4) is 0 Å². The number of pyridine rings is 1. The van der Waals surface area contributed by atoms with Crippen molar-refractivity contribution >= 4 is 34.7 Å². The van der Waals surface area contributed by atoms with Gasteiger partial charge in [0.1, 0.15) is 0 Å². The molecule has 102 valence electrons. The smallest absolute Gasteiger partial charge is 0.189 e. The number of carbonyl (C=O) groups excluding carboxylic acids is 1. The molecule has 0 saturated heterocycles. The summed E-state index contributed by atoms with van der Waals surface area (Å²) in [6, 6.07) is 8.57. The Morgan fingerprint density at radius 2 is 2.10 bits per heavy atom. The largest absolute Gasteiger partial charge is 0.358 e. The van der Waals surface area contributed by atoms with Crippen LogP contribution in [0.25, 0.3) is 0 Å². The van der Waals surface area contributed by atoms with Gasteiger partial charge in [-0.1, -0.05) is 23.2 Å². The fourth-order valence-electron chi connectivity index (χ4n) is 1.63. The van der Waals surface area contributed by atoms with Crippen molar-refractivity contribution in [2.75, 3.05) is 5.32 Å². The predicted octanol–water partition coefficient (Wildman–Crippen LogP) is 4.59. The molecular weight excluding hydrogens is 295 g/mol. The summed E-state index contributed by atoms with van der Waals surface area (Å²) >= 11 is 11.9. The fourth-order valence-corrected chi connectivity index (χ4v) is 2.08. The third-order valence-corrected chi connectivity index (χ3v) is 3.10. The van der Waals surface area contributed by atoms with E-state index >= 15 is 0 Å². The molecule has 2 aromatic rings. The first-order valence-electron chi connectivity index (χ1n) is 5.91. The van der Waals surface area contributed by atoms with Crippen LogP contribution in [-0.2, 0) is 0 Å². The normalized spacial score (nSPS) is 11.2. The Morgan fingerprint density at radius 1 is 1.30 bits per heavy atom. The summed E-state index contributed by atoms with van der Waals surface area (Å²) in [6.07, 6.45) is 4.66. The number of anilines is 1. The van der Waals surface area contributed by atoms with Crippen molar-refractivity contribution < 1.29 is 4.79 Å². The van der Waals surface area contributed by atoms with Gasteiger partial charge >= 0.3 is 0 Å². The van der Waals surface area contributed by atoms with E-state index in [9.17, 15) is 4.79 Å². The third kappa shape index (κ3) is 3.83. The van der Waals surface area contributed by atoms with Gasteiger partial charge < -0.3 is 5.32 Å². The zero-order valence-electron chi connectivity index (χ0n) is 10.7. The van der Waals surface area contributed by atoms with Crippen LogP contribution in [0.1, 0.15) is 17.3 Å². The van der Waals surface area contributed by atoms with Gasteiger partial charge in [-0.05, 0) is 37.3 Å². The number of carbonyl (C=O) groups is 1. The van der Waals surface area contributed by atoms with E-state index in [1.54, 1.807) is 43.5 Å². The highest BCUT2D eigenvalue weighted by Crippen LogP contribution is 2.26. The molecule has 0 fully saturated rings. The Balaban J connectivity index is 2.13. The summed E-state index contributed by atoms with van der Waals surface area (Å²) in [5.41, 5.74) is 1.92. The second-order valence-corrected chi connectivity index (χ2v) is 5.03. The average Bonchev–Trinajstić information content (AvgIpc) is 2.43. The number of nitrogens with zero attached hydrogens (tertiary/aromatic N) is 1. The van der Waals surface area contributed by atoms with Crippen LogP contribution in [0.5, 0.6) is 0 Å². The molecule has 0 saturated carbocycles. The van der Waals surface area contributed by atoms with E-state index < -0.39 is 0 Å². The van der Waals surface area contributed by atoms with Crippen LogP contribution in [0.15, 0.2) is 54.5 Å². The van der Waals surface area contributed by atoms with Crippen LogP contribution in [0, 0.1) is 0 Å². The highest BCUT2D eigenvalue weighted by Gasteiger charge is 2.05. The standard InChI is InChI=1S/C15H12Cl2N2O/c1-10(7-15(20)11-3-2-6-18-9-11)19-14-5-4-12(16)8-13(14)17/h2-9,19H,1H3/b10-7+. The van der Waals surface area contributed by atoms with Crippen molar-refractivity contribution in [1.29, 1.82) is 0 Å². The van der Waals surface area contributed by atoms with Gasteiger partial charge in [0.25, 0.3) is 0 Å².